The van der Waals surface area contributed by atoms with Gasteiger partial charge >= 0.3 is 0 Å². The number of nitrogens with zero attached hydrogens (tertiary/aromatic N) is 1. The van der Waals surface area contributed by atoms with Gasteiger partial charge in [0, 0.05) is 45.1 Å². The second-order valence-corrected chi connectivity index (χ2v) is 6.97. The maximum Gasteiger partial charge on any atom is 0.0618 e. The molecule has 1 aromatic carbocycles. The molecular weight excluding hydrogens is 288 g/mol. The van der Waals surface area contributed by atoms with Gasteiger partial charge in [0.2, 0.25) is 0 Å². The van der Waals surface area contributed by atoms with Crippen LogP contribution in [0, 0.1) is 11.8 Å². The zero-order valence-corrected chi connectivity index (χ0v) is 14.8. The van der Waals surface area contributed by atoms with Gasteiger partial charge in [0.25, 0.3) is 0 Å². The maximum atomic E-state index is 9.23. The highest BCUT2D eigenvalue weighted by Crippen LogP contribution is 2.23. The van der Waals surface area contributed by atoms with Crippen LogP contribution in [-0.4, -0.2) is 44.6 Å². The summed E-state index contributed by atoms with van der Waals surface area (Å²) in [7, 11) is 1.76. The second kappa shape index (κ2) is 9.26. The van der Waals surface area contributed by atoms with Gasteiger partial charge in [0.05, 0.1) is 6.61 Å². The molecule has 1 aliphatic heterocycles. The quantitative estimate of drug-likeness (QED) is 0.773. The van der Waals surface area contributed by atoms with Crippen molar-refractivity contribution >= 4 is 5.69 Å². The molecule has 23 heavy (non-hydrogen) atoms. The Bertz CT molecular complexity index is 439. The number of piperidine rings is 1. The highest BCUT2D eigenvalue weighted by atomic mass is 16.5. The molecule has 0 amide bonds. The Kier molecular flexibility index (Phi) is 7.34. The van der Waals surface area contributed by atoms with Crippen molar-refractivity contribution in [2.24, 2.45) is 11.8 Å². The van der Waals surface area contributed by atoms with Crippen molar-refractivity contribution in [1.29, 1.82) is 0 Å². The molecule has 130 valence electrons. The Balaban J connectivity index is 1.85. The minimum atomic E-state index is 0.330. The van der Waals surface area contributed by atoms with Crippen LogP contribution in [0.15, 0.2) is 24.3 Å². The van der Waals surface area contributed by atoms with E-state index >= 15 is 0 Å². The van der Waals surface area contributed by atoms with E-state index in [2.05, 4.69) is 48.3 Å². The lowest BCUT2D eigenvalue weighted by Gasteiger charge is -2.33. The number of ether oxygens (including phenoxy) is 1. The number of benzene rings is 1. The van der Waals surface area contributed by atoms with E-state index in [0.29, 0.717) is 24.5 Å². The molecule has 1 aliphatic rings. The van der Waals surface area contributed by atoms with Gasteiger partial charge in [0.15, 0.2) is 0 Å². The third-order valence-corrected chi connectivity index (χ3v) is 4.89. The predicted octanol–water partition coefficient (Wildman–Crippen LogP) is 2.66. The van der Waals surface area contributed by atoms with E-state index in [4.69, 9.17) is 4.74 Å². The number of rotatable bonds is 8. The fourth-order valence-corrected chi connectivity index (χ4v) is 3.11. The van der Waals surface area contributed by atoms with Crippen LogP contribution >= 0.6 is 0 Å². The highest BCUT2D eigenvalue weighted by Gasteiger charge is 2.18. The summed E-state index contributed by atoms with van der Waals surface area (Å²) >= 11 is 0. The van der Waals surface area contributed by atoms with E-state index in [1.807, 2.05) is 0 Å². The van der Waals surface area contributed by atoms with E-state index in [1.165, 1.54) is 11.3 Å². The van der Waals surface area contributed by atoms with Crippen LogP contribution in [-0.2, 0) is 11.3 Å². The van der Waals surface area contributed by atoms with Gasteiger partial charge in [-0.25, -0.2) is 0 Å². The normalized spacial score (nSPS) is 17.7. The molecule has 0 spiro atoms. The fourth-order valence-electron chi connectivity index (χ4n) is 3.11. The molecule has 1 heterocycles. The molecule has 0 saturated carbocycles. The van der Waals surface area contributed by atoms with Crippen molar-refractivity contribution in [2.45, 2.75) is 39.3 Å². The molecule has 0 aliphatic carbocycles. The third kappa shape index (κ3) is 5.48. The van der Waals surface area contributed by atoms with Crippen LogP contribution in [0.25, 0.3) is 0 Å². The van der Waals surface area contributed by atoms with Crippen LogP contribution in [0.5, 0.6) is 0 Å². The predicted molar refractivity (Wildman–Crippen MR) is 95.8 cm³/mol. The van der Waals surface area contributed by atoms with Crippen LogP contribution in [0.3, 0.4) is 0 Å². The SMILES string of the molecule is COCC(NCc1ccc(N2CCC(CO)CC2)cc1)C(C)C. The van der Waals surface area contributed by atoms with Crippen LogP contribution in [0.4, 0.5) is 5.69 Å². The van der Waals surface area contributed by atoms with Crippen molar-refractivity contribution in [3.8, 4) is 0 Å². The molecule has 1 aromatic rings. The molecule has 4 nitrogen and oxygen atoms in total. The minimum absolute atomic E-state index is 0.330. The lowest BCUT2D eigenvalue weighted by molar-refractivity contribution is 0.146. The summed E-state index contributed by atoms with van der Waals surface area (Å²) in [5, 5.41) is 12.8. The number of anilines is 1. The number of hydrogen-bond donors (Lipinski definition) is 2. The summed E-state index contributed by atoms with van der Waals surface area (Å²) in [4.78, 5) is 2.42. The van der Waals surface area contributed by atoms with Crippen molar-refractivity contribution in [3.63, 3.8) is 0 Å². The molecule has 1 atom stereocenters. The molecule has 0 aromatic heterocycles. The molecule has 0 radical (unpaired) electrons. The lowest BCUT2D eigenvalue weighted by atomic mass is 9.97. The van der Waals surface area contributed by atoms with Gasteiger partial charge in [-0.3, -0.25) is 0 Å². The van der Waals surface area contributed by atoms with Crippen molar-refractivity contribution in [1.82, 2.24) is 5.32 Å². The first kappa shape index (κ1) is 18.2. The van der Waals surface area contributed by atoms with Crippen LogP contribution in [0.2, 0.25) is 0 Å². The molecular formula is C19H32N2O2. The van der Waals surface area contributed by atoms with Crippen LogP contribution in [0.1, 0.15) is 32.3 Å². The van der Waals surface area contributed by atoms with Gasteiger partial charge in [-0.1, -0.05) is 26.0 Å². The molecule has 1 fully saturated rings. The second-order valence-electron chi connectivity index (χ2n) is 6.97. The molecule has 4 heteroatoms. The van der Waals surface area contributed by atoms with E-state index in [1.54, 1.807) is 7.11 Å². The summed E-state index contributed by atoms with van der Waals surface area (Å²) in [5.74, 6) is 1.05. The van der Waals surface area contributed by atoms with E-state index in [-0.39, 0.29) is 0 Å². The van der Waals surface area contributed by atoms with Crippen molar-refractivity contribution < 1.29 is 9.84 Å². The van der Waals surface area contributed by atoms with Crippen LogP contribution < -0.4 is 10.2 Å². The van der Waals surface area contributed by atoms with E-state index in [0.717, 1.165) is 39.1 Å². The number of hydrogen-bond acceptors (Lipinski definition) is 4. The summed E-state index contributed by atoms with van der Waals surface area (Å²) in [6.45, 7) is 8.48. The average Bonchev–Trinajstić information content (AvgIpc) is 2.59. The summed E-state index contributed by atoms with van der Waals surface area (Å²) < 4.78 is 5.28. The summed E-state index contributed by atoms with van der Waals surface area (Å²) in [6.07, 6.45) is 2.18. The average molecular weight is 320 g/mol. The largest absolute Gasteiger partial charge is 0.396 e. The first-order chi connectivity index (χ1) is 11.1. The number of aliphatic hydroxyl groups excluding tert-OH is 1. The first-order valence-electron chi connectivity index (χ1n) is 8.81. The zero-order valence-electron chi connectivity index (χ0n) is 14.8. The van der Waals surface area contributed by atoms with Gasteiger partial charge in [-0.05, 0) is 42.4 Å². The Morgan fingerprint density at radius 1 is 1.22 bits per heavy atom. The molecule has 1 saturated heterocycles. The molecule has 2 N–H and O–H groups in total. The topological polar surface area (TPSA) is 44.7 Å². The third-order valence-electron chi connectivity index (χ3n) is 4.89. The summed E-state index contributed by atoms with van der Waals surface area (Å²) in [6, 6.07) is 9.25. The number of methoxy groups -OCH3 is 1. The smallest absolute Gasteiger partial charge is 0.0618 e. The first-order valence-corrected chi connectivity index (χ1v) is 8.81. The van der Waals surface area contributed by atoms with E-state index < -0.39 is 0 Å². The Morgan fingerprint density at radius 3 is 2.39 bits per heavy atom. The molecule has 0 bridgehead atoms. The molecule has 1 unspecified atom stereocenters. The van der Waals surface area contributed by atoms with Gasteiger partial charge in [0.1, 0.15) is 0 Å². The van der Waals surface area contributed by atoms with Gasteiger partial charge in [-0.15, -0.1) is 0 Å². The van der Waals surface area contributed by atoms with Crippen molar-refractivity contribution in [3.05, 3.63) is 29.8 Å². The van der Waals surface area contributed by atoms with Gasteiger partial charge in [-0.2, -0.15) is 0 Å². The monoisotopic (exact) mass is 320 g/mol. The minimum Gasteiger partial charge on any atom is -0.396 e. The standard InChI is InChI=1S/C19H32N2O2/c1-15(2)19(14-23-3)20-12-16-4-6-18(7-5-16)21-10-8-17(13-22)9-11-21/h4-7,15,17,19-20,22H,8-14H2,1-3H3. The Labute approximate surface area is 140 Å². The maximum absolute atomic E-state index is 9.23. The highest BCUT2D eigenvalue weighted by molar-refractivity contribution is 5.48. The number of nitrogens with one attached hydrogen (secondary N) is 1. The lowest BCUT2D eigenvalue weighted by Crippen LogP contribution is -2.37. The number of aliphatic hydroxyl groups is 1. The van der Waals surface area contributed by atoms with Gasteiger partial charge < -0.3 is 20.1 Å². The fraction of sp³-hybridized carbons (Fsp3) is 0.684. The van der Waals surface area contributed by atoms with E-state index in [9.17, 15) is 5.11 Å². The molecule has 2 rings (SSSR count). The summed E-state index contributed by atoms with van der Waals surface area (Å²) in [5.41, 5.74) is 2.60. The zero-order chi connectivity index (χ0) is 16.7. The Morgan fingerprint density at radius 2 is 1.87 bits per heavy atom. The Hall–Kier alpha value is -1.10. The van der Waals surface area contributed by atoms with Crippen molar-refractivity contribution in [2.75, 3.05) is 38.3 Å².